The summed E-state index contributed by atoms with van der Waals surface area (Å²) in [5.41, 5.74) is 15.6. The lowest BCUT2D eigenvalue weighted by molar-refractivity contribution is -0.720. The molecule has 0 radical (unpaired) electrons. The number of nitriles is 1. The summed E-state index contributed by atoms with van der Waals surface area (Å²) in [6.07, 6.45) is 8.73. The van der Waals surface area contributed by atoms with Crippen LogP contribution >= 0.6 is 0 Å². The highest BCUT2D eigenvalue weighted by atomic mass is 15.2. The van der Waals surface area contributed by atoms with Crippen LogP contribution < -0.4 is 9.13 Å². The van der Waals surface area contributed by atoms with Crippen LogP contribution in [0.1, 0.15) is 107 Å². The molecule has 8 rings (SSSR count). The van der Waals surface area contributed by atoms with E-state index < -0.39 is 5.41 Å². The third-order valence-corrected chi connectivity index (χ3v) is 12.8. The fourth-order valence-electron chi connectivity index (χ4n) is 9.79. The number of aromatic nitrogens is 3. The molecule has 0 saturated carbocycles. The largest absolute Gasteiger partial charge is 0.264 e. The van der Waals surface area contributed by atoms with E-state index in [1.54, 1.807) is 0 Å². The van der Waals surface area contributed by atoms with Crippen LogP contribution in [-0.4, -0.2) is 4.57 Å². The lowest BCUT2D eigenvalue weighted by atomic mass is 9.75. The normalized spacial score (nSPS) is 15.9. The van der Waals surface area contributed by atoms with E-state index in [9.17, 15) is 5.26 Å². The van der Waals surface area contributed by atoms with E-state index in [2.05, 4.69) is 207 Å². The van der Waals surface area contributed by atoms with Gasteiger partial charge in [-0.25, -0.2) is 0 Å². The maximum absolute atomic E-state index is 10.3. The number of nitrogens with zero attached hydrogens (tertiary/aromatic N) is 4. The van der Waals surface area contributed by atoms with Crippen molar-refractivity contribution < 1.29 is 9.13 Å². The Hall–Kier alpha value is -6.31. The predicted molar refractivity (Wildman–Crippen MR) is 249 cm³/mol. The molecular weight excluding hydrogens is 729 g/mol. The molecule has 0 amide bonds. The summed E-state index contributed by atoms with van der Waals surface area (Å²) in [5, 5.41) is 10.3. The number of fused-ring (bicyclic) bond motifs is 4. The first-order chi connectivity index (χ1) is 29.0. The van der Waals surface area contributed by atoms with Crippen LogP contribution in [0.2, 0.25) is 0 Å². The summed E-state index contributed by atoms with van der Waals surface area (Å²) in [7, 11) is 0. The van der Waals surface area contributed by atoms with Gasteiger partial charge in [-0.05, 0) is 103 Å². The Balaban J connectivity index is 1.24. The van der Waals surface area contributed by atoms with Crippen LogP contribution in [0.5, 0.6) is 0 Å². The molecule has 300 valence electrons. The van der Waals surface area contributed by atoms with E-state index in [1.165, 1.54) is 61.4 Å². The van der Waals surface area contributed by atoms with Crippen molar-refractivity contribution in [2.24, 2.45) is 5.41 Å². The molecule has 0 bridgehead atoms. The molecule has 3 atom stereocenters. The minimum atomic E-state index is -0.533. The quantitative estimate of drug-likeness (QED) is 0.0897. The highest BCUT2D eigenvalue weighted by Crippen LogP contribution is 2.45. The van der Waals surface area contributed by atoms with Gasteiger partial charge in [0, 0.05) is 41.7 Å². The average Bonchev–Trinajstić information content (AvgIpc) is 3.57. The second-order valence-corrected chi connectivity index (χ2v) is 17.6. The van der Waals surface area contributed by atoms with E-state index in [0.29, 0.717) is 0 Å². The molecule has 5 aromatic carbocycles. The summed E-state index contributed by atoms with van der Waals surface area (Å²) in [5.74, 6) is 1.91. The number of allylic oxidation sites excluding steroid dienone is 3. The monoisotopic (exact) mass is 786 g/mol. The van der Waals surface area contributed by atoms with Gasteiger partial charge in [0.2, 0.25) is 5.69 Å². The SMILES string of the molecule is C=C(CC1C(CC[C@](C)(C#N)/C=C\C)c2ccccc2-c2cccc[n+]21)[n+]1c(C)n(-c2c(C(C)C)cc(-c3ccc(-c4ccccc4)cc3)cc2C(C)C)c2ccccc21. The number of imidazole rings is 1. The van der Waals surface area contributed by atoms with Gasteiger partial charge in [-0.15, -0.1) is 0 Å². The van der Waals surface area contributed by atoms with Crippen molar-refractivity contribution in [3.8, 4) is 45.3 Å². The van der Waals surface area contributed by atoms with E-state index in [0.717, 1.165) is 36.3 Å². The highest BCUT2D eigenvalue weighted by molar-refractivity contribution is 5.79. The van der Waals surface area contributed by atoms with Crippen molar-refractivity contribution in [3.05, 3.63) is 181 Å². The Morgan fingerprint density at radius 1 is 0.783 bits per heavy atom. The first kappa shape index (κ1) is 40.5. The Morgan fingerprint density at radius 3 is 2.05 bits per heavy atom. The second kappa shape index (κ2) is 16.7. The molecule has 0 fully saturated rings. The number of benzene rings is 5. The van der Waals surface area contributed by atoms with Gasteiger partial charge < -0.3 is 0 Å². The van der Waals surface area contributed by atoms with Gasteiger partial charge in [0.1, 0.15) is 11.4 Å². The summed E-state index contributed by atoms with van der Waals surface area (Å²) in [6.45, 7) is 20.5. The molecule has 4 nitrogen and oxygen atoms in total. The van der Waals surface area contributed by atoms with Gasteiger partial charge in [0.05, 0.1) is 17.9 Å². The summed E-state index contributed by atoms with van der Waals surface area (Å²) >= 11 is 0. The second-order valence-electron chi connectivity index (χ2n) is 17.6. The Labute approximate surface area is 357 Å². The highest BCUT2D eigenvalue weighted by Gasteiger charge is 2.42. The average molecular weight is 787 g/mol. The third kappa shape index (κ3) is 7.43. The number of rotatable bonds is 12. The number of hydrogen-bond donors (Lipinski definition) is 0. The first-order valence-electron chi connectivity index (χ1n) is 21.7. The maximum Gasteiger partial charge on any atom is 0.264 e. The van der Waals surface area contributed by atoms with E-state index >= 15 is 0 Å². The maximum atomic E-state index is 10.3. The van der Waals surface area contributed by atoms with Crippen molar-refractivity contribution in [1.82, 2.24) is 4.57 Å². The molecule has 0 N–H and O–H groups in total. The fraction of sp³-hybridized carbons (Fsp3) is 0.268. The zero-order valence-corrected chi connectivity index (χ0v) is 36.4. The summed E-state index contributed by atoms with van der Waals surface area (Å²) < 4.78 is 7.41. The molecule has 2 unspecified atom stereocenters. The Bertz CT molecular complexity index is 2730. The molecule has 2 aromatic heterocycles. The van der Waals surface area contributed by atoms with E-state index in [4.69, 9.17) is 6.58 Å². The van der Waals surface area contributed by atoms with Gasteiger partial charge in [-0.2, -0.15) is 19.0 Å². The molecule has 3 heterocycles. The molecule has 0 saturated heterocycles. The fourth-order valence-corrected chi connectivity index (χ4v) is 9.79. The summed E-state index contributed by atoms with van der Waals surface area (Å²) in [4.78, 5) is 0. The number of para-hydroxylation sites is 2. The van der Waals surface area contributed by atoms with Crippen molar-refractivity contribution >= 4 is 16.7 Å². The van der Waals surface area contributed by atoms with Crippen LogP contribution in [0.4, 0.5) is 0 Å². The van der Waals surface area contributed by atoms with Gasteiger partial charge in [0.25, 0.3) is 5.82 Å². The van der Waals surface area contributed by atoms with E-state index in [1.807, 2.05) is 13.0 Å². The molecule has 1 aliphatic heterocycles. The van der Waals surface area contributed by atoms with Gasteiger partial charge in [0.15, 0.2) is 23.3 Å². The lowest BCUT2D eigenvalue weighted by Gasteiger charge is -2.32. The third-order valence-electron chi connectivity index (χ3n) is 12.8. The predicted octanol–water partition coefficient (Wildman–Crippen LogP) is 13.8. The summed E-state index contributed by atoms with van der Waals surface area (Å²) in [6, 6.07) is 51.5. The van der Waals surface area contributed by atoms with Crippen molar-refractivity contribution in [3.63, 3.8) is 0 Å². The number of hydrogen-bond acceptors (Lipinski definition) is 1. The molecular formula is C56H58N4+2. The van der Waals surface area contributed by atoms with Crippen LogP contribution in [0.15, 0.2) is 158 Å². The Morgan fingerprint density at radius 2 is 1.38 bits per heavy atom. The standard InChI is InChI=1S/C56H58N4/c1-9-31-56(8,37-57)32-30-48-46-21-13-14-22-47(46)51-23-17-18-33-58(51)54(48)34-40(6)59-41(7)60(53-25-16-15-24-52(53)59)55-49(38(2)3)35-45(36-50(55)39(4)5)44-28-26-43(27-29-44)42-19-11-10-12-20-42/h9-29,31,33,35-36,38-39,48,54H,6,30,32,34H2,1-5,7-8H3/q+2/b31-9-/t48?,54?,56-/m1/s1. The zero-order valence-electron chi connectivity index (χ0n) is 36.4. The van der Waals surface area contributed by atoms with Crippen LogP contribution in [0.3, 0.4) is 0 Å². The van der Waals surface area contributed by atoms with Crippen LogP contribution in [0.25, 0.3) is 55.9 Å². The van der Waals surface area contributed by atoms with Crippen LogP contribution in [0, 0.1) is 23.7 Å². The minimum Gasteiger partial charge on any atom is -0.197 e. The molecule has 4 heteroatoms. The molecule has 7 aromatic rings. The van der Waals surface area contributed by atoms with Crippen molar-refractivity contribution in [2.45, 2.75) is 91.5 Å². The minimum absolute atomic E-state index is 0.108. The van der Waals surface area contributed by atoms with Gasteiger partial charge in [-0.3, -0.25) is 0 Å². The zero-order chi connectivity index (χ0) is 42.1. The molecule has 1 aliphatic rings. The van der Waals surface area contributed by atoms with Gasteiger partial charge >= 0.3 is 0 Å². The first-order valence-corrected chi connectivity index (χ1v) is 21.7. The number of pyridine rings is 1. The van der Waals surface area contributed by atoms with Crippen molar-refractivity contribution in [1.29, 1.82) is 5.26 Å². The molecule has 60 heavy (non-hydrogen) atoms. The lowest BCUT2D eigenvalue weighted by Crippen LogP contribution is -2.49. The van der Waals surface area contributed by atoms with Crippen LogP contribution in [-0.2, 0) is 0 Å². The smallest absolute Gasteiger partial charge is 0.197 e. The Kier molecular flexibility index (Phi) is 11.3. The van der Waals surface area contributed by atoms with E-state index in [-0.39, 0.29) is 23.8 Å². The van der Waals surface area contributed by atoms with Crippen molar-refractivity contribution in [2.75, 3.05) is 0 Å². The van der Waals surface area contributed by atoms with Gasteiger partial charge in [-0.1, -0.05) is 131 Å². The molecule has 0 spiro atoms. The topological polar surface area (TPSA) is 36.5 Å². The molecule has 0 aliphatic carbocycles.